The van der Waals surface area contributed by atoms with E-state index in [0.29, 0.717) is 11.3 Å². The zero-order valence-corrected chi connectivity index (χ0v) is 18.4. The Hall–Kier alpha value is -3.80. The summed E-state index contributed by atoms with van der Waals surface area (Å²) in [5.74, 6) is -0.579. The molecule has 3 aromatic rings. The van der Waals surface area contributed by atoms with E-state index in [1.165, 1.54) is 16.0 Å². The summed E-state index contributed by atoms with van der Waals surface area (Å²) >= 11 is 0. The monoisotopic (exact) mass is 488 g/mol. The van der Waals surface area contributed by atoms with Gasteiger partial charge in [0.2, 0.25) is 11.8 Å². The van der Waals surface area contributed by atoms with Crippen molar-refractivity contribution < 1.29 is 31.5 Å². The Labute approximate surface area is 193 Å². The summed E-state index contributed by atoms with van der Waals surface area (Å²) < 4.78 is 55.4. The summed E-state index contributed by atoms with van der Waals surface area (Å²) in [6, 6.07) is 11.9. The van der Waals surface area contributed by atoms with Gasteiger partial charge in [-0.2, -0.15) is 26.4 Å². The fraction of sp³-hybridized carbons (Fsp3) is 0.227. The summed E-state index contributed by atoms with van der Waals surface area (Å²) in [5.41, 5.74) is 2.60. The number of para-hydroxylation sites is 1. The van der Waals surface area contributed by atoms with E-state index in [2.05, 4.69) is 9.84 Å². The number of aromatic nitrogens is 2. The van der Waals surface area contributed by atoms with Gasteiger partial charge >= 0.3 is 6.61 Å². The fourth-order valence-electron chi connectivity index (χ4n) is 4.05. The lowest BCUT2D eigenvalue weighted by Crippen LogP contribution is -2.39. The van der Waals surface area contributed by atoms with Crippen LogP contribution in [0.2, 0.25) is 0 Å². The van der Waals surface area contributed by atoms with Crippen LogP contribution >= 0.6 is 0 Å². The Bertz CT molecular complexity index is 1370. The van der Waals surface area contributed by atoms with Gasteiger partial charge < -0.3 is 14.5 Å². The van der Waals surface area contributed by atoms with Gasteiger partial charge in [0.1, 0.15) is 12.3 Å². The zero-order chi connectivity index (χ0) is 24.0. The predicted molar refractivity (Wildman–Crippen MR) is 115 cm³/mol. The topological polar surface area (TPSA) is 102 Å². The van der Waals surface area contributed by atoms with Crippen molar-refractivity contribution in [3.05, 3.63) is 71.5 Å². The van der Waals surface area contributed by atoms with E-state index < -0.39 is 16.6 Å². The second-order valence-electron chi connectivity index (χ2n) is 7.86. The fourth-order valence-corrected chi connectivity index (χ4v) is 5.22. The van der Waals surface area contributed by atoms with Crippen molar-refractivity contribution in [1.29, 1.82) is 0 Å². The number of amides is 2. The van der Waals surface area contributed by atoms with Gasteiger partial charge in [-0.15, -0.1) is 0 Å². The summed E-state index contributed by atoms with van der Waals surface area (Å²) in [7, 11) is -4.05. The number of alkyl halides is 2. The van der Waals surface area contributed by atoms with E-state index in [9.17, 15) is 26.8 Å². The average molecular weight is 488 g/mol. The molecule has 5 rings (SSSR count). The first-order valence-corrected chi connectivity index (χ1v) is 11.7. The lowest BCUT2D eigenvalue weighted by Gasteiger charge is -2.21. The normalized spacial score (nSPS) is 15.1. The summed E-state index contributed by atoms with van der Waals surface area (Å²) in [6.45, 7) is -2.85. The molecule has 2 aromatic carbocycles. The number of benzene rings is 2. The first-order chi connectivity index (χ1) is 16.2. The molecular formula is C22H18F2N4O5S. The zero-order valence-electron chi connectivity index (χ0n) is 17.6. The van der Waals surface area contributed by atoms with E-state index in [1.54, 1.807) is 6.07 Å². The smallest absolute Gasteiger partial charge is 0.387 e. The number of halogens is 2. The second kappa shape index (κ2) is 8.20. The van der Waals surface area contributed by atoms with Crippen molar-refractivity contribution in [2.24, 2.45) is 0 Å². The Kier molecular flexibility index (Phi) is 5.31. The molecule has 2 aliphatic heterocycles. The average Bonchev–Trinajstić information content (AvgIpc) is 3.46. The van der Waals surface area contributed by atoms with Crippen LogP contribution in [0.3, 0.4) is 0 Å². The molecule has 2 amide bonds. The highest BCUT2D eigenvalue weighted by Crippen LogP contribution is 2.29. The number of nitrogens with zero attached hydrogens (tertiary/aromatic N) is 4. The van der Waals surface area contributed by atoms with Crippen molar-refractivity contribution in [2.75, 3.05) is 11.4 Å². The maximum absolute atomic E-state index is 12.9. The van der Waals surface area contributed by atoms with E-state index in [0.717, 1.165) is 39.6 Å². The second-order valence-corrected chi connectivity index (χ2v) is 9.66. The lowest BCUT2D eigenvalue weighted by atomic mass is 10.2. The molecule has 0 aliphatic carbocycles. The molecule has 0 spiro atoms. The highest BCUT2D eigenvalue weighted by molar-refractivity contribution is 7.89. The van der Waals surface area contributed by atoms with Crippen molar-refractivity contribution >= 4 is 27.5 Å². The molecule has 176 valence electrons. The molecule has 34 heavy (non-hydrogen) atoms. The number of hydrogen-bond acceptors (Lipinski definition) is 6. The van der Waals surface area contributed by atoms with Crippen molar-refractivity contribution in [3.63, 3.8) is 0 Å². The highest BCUT2D eigenvalue weighted by atomic mass is 32.2. The first-order valence-electron chi connectivity index (χ1n) is 10.3. The summed E-state index contributed by atoms with van der Waals surface area (Å²) in [4.78, 5) is 28.0. The molecule has 0 atom stereocenters. The molecule has 0 radical (unpaired) electrons. The third kappa shape index (κ3) is 3.89. The molecule has 0 saturated heterocycles. The molecule has 0 unspecified atom stereocenters. The van der Waals surface area contributed by atoms with E-state index in [4.69, 9.17) is 0 Å². The van der Waals surface area contributed by atoms with Crippen LogP contribution in [-0.2, 0) is 39.1 Å². The molecule has 1 aromatic heterocycles. The third-order valence-corrected chi connectivity index (χ3v) is 7.27. The molecule has 0 fully saturated rings. The van der Waals surface area contributed by atoms with Gasteiger partial charge in [0.25, 0.3) is 10.0 Å². The van der Waals surface area contributed by atoms with Gasteiger partial charge in [0.15, 0.2) is 0 Å². The minimum Gasteiger partial charge on any atom is -0.435 e. The number of anilines is 1. The number of hydrogen-bond donors (Lipinski definition) is 0. The van der Waals surface area contributed by atoms with Crippen LogP contribution in [0.5, 0.6) is 5.75 Å². The van der Waals surface area contributed by atoms with Gasteiger partial charge in [0, 0.05) is 24.0 Å². The largest absolute Gasteiger partial charge is 0.435 e. The maximum atomic E-state index is 12.9. The number of ether oxygens (including phenoxy) is 1. The van der Waals surface area contributed by atoms with E-state index in [-0.39, 0.29) is 48.5 Å². The quantitative estimate of drug-likeness (QED) is 0.527. The van der Waals surface area contributed by atoms with Crippen LogP contribution in [0, 0.1) is 0 Å². The van der Waals surface area contributed by atoms with Gasteiger partial charge in [0.05, 0.1) is 23.6 Å². The first kappa shape index (κ1) is 22.0. The molecule has 0 N–H and O–H groups in total. The Morgan fingerprint density at radius 1 is 1.06 bits per heavy atom. The van der Waals surface area contributed by atoms with Gasteiger partial charge in [-0.25, -0.2) is 0 Å². The van der Waals surface area contributed by atoms with Gasteiger partial charge in [-0.05, 0) is 35.9 Å². The molecule has 12 heteroatoms. The van der Waals surface area contributed by atoms with Crippen LogP contribution in [0.15, 0.2) is 59.6 Å². The van der Waals surface area contributed by atoms with Crippen molar-refractivity contribution in [3.8, 4) is 5.75 Å². The van der Waals surface area contributed by atoms with E-state index in [1.807, 2.05) is 18.2 Å². The van der Waals surface area contributed by atoms with Gasteiger partial charge in [-0.3, -0.25) is 9.59 Å². The van der Waals surface area contributed by atoms with Crippen LogP contribution in [-0.4, -0.2) is 47.5 Å². The van der Waals surface area contributed by atoms with E-state index >= 15 is 0 Å². The standard InChI is InChI=1S/C22H18F2N4O5S/c23-22(24)33-16-5-7-17(8-6-16)34(31,32)28-11-15-10-26(12-18(15)25-28)21(30)13-27-19-4-2-1-3-14(19)9-20(27)29/h1-8,11,22H,9-10,12-13H2. The highest BCUT2D eigenvalue weighted by Gasteiger charge is 2.33. The summed E-state index contributed by atoms with van der Waals surface area (Å²) in [5, 5.41) is 4.13. The van der Waals surface area contributed by atoms with Crippen LogP contribution in [0.4, 0.5) is 14.5 Å². The molecule has 2 aliphatic rings. The Morgan fingerprint density at radius 2 is 1.79 bits per heavy atom. The number of rotatable bonds is 6. The number of fused-ring (bicyclic) bond motifs is 2. The third-order valence-electron chi connectivity index (χ3n) is 5.72. The number of carbonyl (C=O) groups is 2. The van der Waals surface area contributed by atoms with Crippen molar-refractivity contribution in [1.82, 2.24) is 14.1 Å². The van der Waals surface area contributed by atoms with Crippen LogP contribution < -0.4 is 9.64 Å². The molecule has 0 bridgehead atoms. The molecule has 9 nitrogen and oxygen atoms in total. The van der Waals surface area contributed by atoms with Crippen LogP contribution in [0.25, 0.3) is 0 Å². The molecule has 0 saturated carbocycles. The Morgan fingerprint density at radius 3 is 2.50 bits per heavy atom. The molecular weight excluding hydrogens is 470 g/mol. The minimum absolute atomic E-state index is 0.106. The SMILES string of the molecule is O=C(CN1C(=O)Cc2ccccc21)N1Cc2cn(S(=O)(=O)c3ccc(OC(F)F)cc3)nc2C1. The lowest BCUT2D eigenvalue weighted by molar-refractivity contribution is -0.131. The summed E-state index contributed by atoms with van der Waals surface area (Å²) in [6.07, 6.45) is 1.58. The Balaban J connectivity index is 1.28. The van der Waals surface area contributed by atoms with Gasteiger partial charge in [-0.1, -0.05) is 18.2 Å². The van der Waals surface area contributed by atoms with Crippen molar-refractivity contribution in [2.45, 2.75) is 31.0 Å². The number of carbonyl (C=O) groups excluding carboxylic acids is 2. The van der Waals surface area contributed by atoms with Crippen LogP contribution in [0.1, 0.15) is 16.8 Å². The maximum Gasteiger partial charge on any atom is 0.387 e. The predicted octanol–water partition coefficient (Wildman–Crippen LogP) is 2.15. The minimum atomic E-state index is -4.05. The molecule has 3 heterocycles.